The summed E-state index contributed by atoms with van der Waals surface area (Å²) >= 11 is 0. The minimum Gasteiger partial charge on any atom is -0.501 e. The van der Waals surface area contributed by atoms with Gasteiger partial charge >= 0.3 is 5.65 Å². The highest BCUT2D eigenvalue weighted by Crippen LogP contribution is 2.12. The van der Waals surface area contributed by atoms with Gasteiger partial charge in [0.2, 0.25) is 5.75 Å². The third kappa shape index (κ3) is 1.76. The number of aromatic hydroxyl groups is 1. The zero-order valence-corrected chi connectivity index (χ0v) is 8.51. The van der Waals surface area contributed by atoms with Crippen molar-refractivity contribution >= 4 is 5.65 Å². The molecule has 0 spiro atoms. The van der Waals surface area contributed by atoms with E-state index in [1.807, 2.05) is 19.3 Å². The van der Waals surface area contributed by atoms with E-state index in [1.54, 1.807) is 16.5 Å². The van der Waals surface area contributed by atoms with E-state index < -0.39 is 0 Å². The Morgan fingerprint density at radius 1 is 1.47 bits per heavy atom. The molecule has 0 saturated heterocycles. The normalized spacial score (nSPS) is 10.8. The quantitative estimate of drug-likeness (QED) is 0.696. The van der Waals surface area contributed by atoms with Gasteiger partial charge < -0.3 is 10.2 Å². The monoisotopic (exact) mass is 205 g/mol. The van der Waals surface area contributed by atoms with Crippen molar-refractivity contribution in [1.29, 1.82) is 0 Å². The van der Waals surface area contributed by atoms with Gasteiger partial charge in [0.05, 0.1) is 6.20 Å². The van der Waals surface area contributed by atoms with Crippen LogP contribution in [-0.2, 0) is 6.42 Å². The first-order valence-corrected chi connectivity index (χ1v) is 4.82. The molecule has 4 heteroatoms. The van der Waals surface area contributed by atoms with Gasteiger partial charge in [0.15, 0.2) is 5.69 Å². The van der Waals surface area contributed by atoms with Crippen LogP contribution in [0.3, 0.4) is 0 Å². The first kappa shape index (κ1) is 9.86. The van der Waals surface area contributed by atoms with Crippen molar-refractivity contribution in [3.63, 3.8) is 0 Å². The molecule has 0 bridgehead atoms. The second-order valence-corrected chi connectivity index (χ2v) is 3.45. The van der Waals surface area contributed by atoms with Gasteiger partial charge in [0.25, 0.3) is 0 Å². The SMILES string of the molecule is Cc1nc2c(O)ccc[n+]2cc1CCO. The van der Waals surface area contributed by atoms with E-state index in [0.717, 1.165) is 11.3 Å². The molecule has 15 heavy (non-hydrogen) atoms. The first-order chi connectivity index (χ1) is 7.22. The van der Waals surface area contributed by atoms with Crippen molar-refractivity contribution in [3.8, 4) is 5.75 Å². The molecule has 4 nitrogen and oxygen atoms in total. The fraction of sp³-hybridized carbons (Fsp3) is 0.273. The van der Waals surface area contributed by atoms with E-state index in [4.69, 9.17) is 5.11 Å². The van der Waals surface area contributed by atoms with E-state index in [1.165, 1.54) is 0 Å². The molecule has 0 radical (unpaired) electrons. The molecule has 2 rings (SSSR count). The third-order valence-corrected chi connectivity index (χ3v) is 2.39. The first-order valence-electron chi connectivity index (χ1n) is 4.82. The van der Waals surface area contributed by atoms with Crippen LogP contribution in [0.2, 0.25) is 0 Å². The summed E-state index contributed by atoms with van der Waals surface area (Å²) in [6, 6.07) is 3.36. The summed E-state index contributed by atoms with van der Waals surface area (Å²) in [5, 5.41) is 18.5. The molecule has 0 aromatic carbocycles. The van der Waals surface area contributed by atoms with Crippen molar-refractivity contribution in [1.82, 2.24) is 4.98 Å². The topological polar surface area (TPSA) is 57.5 Å². The second kappa shape index (κ2) is 3.82. The smallest absolute Gasteiger partial charge is 0.370 e. The molecule has 2 N–H and O–H groups in total. The summed E-state index contributed by atoms with van der Waals surface area (Å²) in [4.78, 5) is 4.30. The van der Waals surface area contributed by atoms with Crippen LogP contribution in [0.5, 0.6) is 5.75 Å². The highest BCUT2D eigenvalue weighted by Gasteiger charge is 2.13. The van der Waals surface area contributed by atoms with Crippen molar-refractivity contribution in [2.45, 2.75) is 13.3 Å². The van der Waals surface area contributed by atoms with Crippen LogP contribution in [0, 0.1) is 6.92 Å². The Bertz CT molecular complexity index is 497. The van der Waals surface area contributed by atoms with Crippen molar-refractivity contribution < 1.29 is 14.6 Å². The number of aromatic nitrogens is 2. The molecule has 78 valence electrons. The van der Waals surface area contributed by atoms with Crippen molar-refractivity contribution in [2.75, 3.05) is 6.61 Å². The van der Waals surface area contributed by atoms with Crippen LogP contribution < -0.4 is 4.40 Å². The number of hydrogen-bond acceptors (Lipinski definition) is 3. The second-order valence-electron chi connectivity index (χ2n) is 3.45. The molecule has 2 aromatic rings. The number of aliphatic hydroxyl groups is 1. The molecular formula is C11H13N2O2+. The van der Waals surface area contributed by atoms with Crippen LogP contribution in [0.1, 0.15) is 11.3 Å². The van der Waals surface area contributed by atoms with E-state index in [2.05, 4.69) is 4.98 Å². The van der Waals surface area contributed by atoms with E-state index in [-0.39, 0.29) is 12.4 Å². The Labute approximate surface area is 87.5 Å². The molecule has 0 atom stereocenters. The summed E-state index contributed by atoms with van der Waals surface area (Å²) < 4.78 is 1.76. The lowest BCUT2D eigenvalue weighted by Crippen LogP contribution is -2.24. The van der Waals surface area contributed by atoms with Crippen LogP contribution in [0.15, 0.2) is 24.5 Å². The molecule has 2 heterocycles. The average Bonchev–Trinajstić information content (AvgIpc) is 2.21. The minimum atomic E-state index is 0.105. The molecule has 0 aliphatic rings. The lowest BCUT2D eigenvalue weighted by atomic mass is 10.2. The van der Waals surface area contributed by atoms with Gasteiger partial charge in [-0.15, -0.1) is 0 Å². The number of nitrogens with zero attached hydrogens (tertiary/aromatic N) is 2. The predicted molar refractivity (Wildman–Crippen MR) is 54.6 cm³/mol. The average molecular weight is 205 g/mol. The van der Waals surface area contributed by atoms with Crippen LogP contribution in [0.4, 0.5) is 0 Å². The van der Waals surface area contributed by atoms with Gasteiger partial charge in [-0.2, -0.15) is 4.40 Å². The zero-order chi connectivity index (χ0) is 10.8. The molecule has 0 unspecified atom stereocenters. The van der Waals surface area contributed by atoms with Gasteiger partial charge in [-0.25, -0.2) is 0 Å². The maximum atomic E-state index is 9.58. The predicted octanol–water partition coefficient (Wildman–Crippen LogP) is 0.369. The van der Waals surface area contributed by atoms with Crippen molar-refractivity contribution in [2.24, 2.45) is 0 Å². The lowest BCUT2D eigenvalue weighted by Gasteiger charge is -2.00. The van der Waals surface area contributed by atoms with Gasteiger partial charge in [-0.05, 0) is 17.1 Å². The third-order valence-electron chi connectivity index (χ3n) is 2.39. The Morgan fingerprint density at radius 2 is 2.27 bits per heavy atom. The van der Waals surface area contributed by atoms with Gasteiger partial charge in [0, 0.05) is 25.5 Å². The van der Waals surface area contributed by atoms with Gasteiger partial charge in [0.1, 0.15) is 6.20 Å². The Hall–Kier alpha value is -1.68. The molecule has 0 aliphatic heterocycles. The standard InChI is InChI=1S/C11H12N2O2/c1-8-9(4-6-14)7-13-5-2-3-10(15)11(13)12-8/h2-3,5,7,14H,4,6H2,1H3/p+1. The Morgan fingerprint density at radius 3 is 3.00 bits per heavy atom. The highest BCUT2D eigenvalue weighted by molar-refractivity contribution is 5.46. The number of fused-ring (bicyclic) bond motifs is 1. The Balaban J connectivity index is 2.65. The Kier molecular flexibility index (Phi) is 2.51. The summed E-state index contributed by atoms with van der Waals surface area (Å²) in [6.07, 6.45) is 4.29. The summed E-state index contributed by atoms with van der Waals surface area (Å²) in [6.45, 7) is 1.98. The molecular weight excluding hydrogens is 192 g/mol. The number of rotatable bonds is 2. The summed E-state index contributed by atoms with van der Waals surface area (Å²) in [5.74, 6) is 0.163. The zero-order valence-electron chi connectivity index (χ0n) is 8.51. The molecule has 0 amide bonds. The number of pyridine rings is 1. The van der Waals surface area contributed by atoms with Crippen LogP contribution in [0.25, 0.3) is 5.65 Å². The number of aryl methyl sites for hydroxylation is 1. The summed E-state index contributed by atoms with van der Waals surface area (Å²) in [7, 11) is 0. The molecule has 0 fully saturated rings. The fourth-order valence-electron chi connectivity index (χ4n) is 1.58. The summed E-state index contributed by atoms with van der Waals surface area (Å²) in [5.41, 5.74) is 2.36. The highest BCUT2D eigenvalue weighted by atomic mass is 16.3. The maximum Gasteiger partial charge on any atom is 0.370 e. The number of aliphatic hydroxyl groups excluding tert-OH is 1. The van der Waals surface area contributed by atoms with E-state index in [9.17, 15) is 5.11 Å². The molecule has 0 saturated carbocycles. The molecule has 0 aliphatic carbocycles. The van der Waals surface area contributed by atoms with Crippen molar-refractivity contribution in [3.05, 3.63) is 35.8 Å². The fourth-order valence-corrected chi connectivity index (χ4v) is 1.58. The lowest BCUT2D eigenvalue weighted by molar-refractivity contribution is -0.515. The van der Waals surface area contributed by atoms with E-state index >= 15 is 0 Å². The van der Waals surface area contributed by atoms with Gasteiger partial charge in [-0.3, -0.25) is 0 Å². The van der Waals surface area contributed by atoms with Crippen LogP contribution in [-0.4, -0.2) is 21.8 Å². The van der Waals surface area contributed by atoms with E-state index in [0.29, 0.717) is 12.1 Å². The number of hydrogen-bond donors (Lipinski definition) is 2. The van der Waals surface area contributed by atoms with Gasteiger partial charge in [-0.1, -0.05) is 0 Å². The van der Waals surface area contributed by atoms with Crippen LogP contribution >= 0.6 is 0 Å². The largest absolute Gasteiger partial charge is 0.501 e. The minimum absolute atomic E-state index is 0.105. The molecule has 2 aromatic heterocycles. The maximum absolute atomic E-state index is 9.58.